The van der Waals surface area contributed by atoms with Gasteiger partial charge in [-0.05, 0) is 68.1 Å². The number of ether oxygens (including phenoxy) is 3. The number of nitrogens with one attached hydrogen (secondary N) is 1. The summed E-state index contributed by atoms with van der Waals surface area (Å²) in [4.78, 5) is 40.6. The smallest absolute Gasteiger partial charge is 0.287 e. The number of hydrogen-bond donors (Lipinski definition) is 1. The third-order valence-electron chi connectivity index (χ3n) is 8.91. The van der Waals surface area contributed by atoms with E-state index in [2.05, 4.69) is 32.1 Å². The molecule has 0 saturated carbocycles. The Labute approximate surface area is 304 Å². The molecule has 1 fully saturated rings. The summed E-state index contributed by atoms with van der Waals surface area (Å²) in [7, 11) is 3.70. The largest absolute Gasteiger partial charge is 0.493 e. The summed E-state index contributed by atoms with van der Waals surface area (Å²) in [6.07, 6.45) is 2.44. The molecule has 1 aliphatic rings. The lowest BCUT2D eigenvalue weighted by atomic mass is 10.1. The molecule has 0 atom stereocenters. The Hall–Kier alpha value is -5.56. The monoisotopic (exact) mass is 722 g/mol. The van der Waals surface area contributed by atoms with E-state index < -0.39 is 17.3 Å². The van der Waals surface area contributed by atoms with Crippen molar-refractivity contribution in [1.82, 2.24) is 24.3 Å². The van der Waals surface area contributed by atoms with Gasteiger partial charge in [-0.15, -0.1) is 0 Å². The van der Waals surface area contributed by atoms with Gasteiger partial charge in [0, 0.05) is 67.1 Å². The third-order valence-corrected chi connectivity index (χ3v) is 9.15. The maximum absolute atomic E-state index is 15.5. The number of pyridine rings is 1. The predicted octanol–water partition coefficient (Wildman–Crippen LogP) is 6.80. The highest BCUT2D eigenvalue weighted by Gasteiger charge is 2.20. The van der Waals surface area contributed by atoms with Crippen LogP contribution in [-0.2, 0) is 0 Å². The van der Waals surface area contributed by atoms with Crippen LogP contribution in [0.4, 0.5) is 10.1 Å². The number of rotatable bonds is 11. The number of fused-ring (bicyclic) bond motifs is 2. The molecule has 266 valence electrons. The van der Waals surface area contributed by atoms with Crippen molar-refractivity contribution in [2.75, 3.05) is 58.8 Å². The van der Waals surface area contributed by atoms with Crippen molar-refractivity contribution < 1.29 is 23.4 Å². The van der Waals surface area contributed by atoms with Gasteiger partial charge in [0.2, 0.25) is 0 Å². The molecular formula is C39H36ClFN6O5. The van der Waals surface area contributed by atoms with E-state index in [9.17, 15) is 9.59 Å². The van der Waals surface area contributed by atoms with Crippen LogP contribution in [-0.4, -0.2) is 83.7 Å². The van der Waals surface area contributed by atoms with Gasteiger partial charge in [0.05, 0.1) is 36.0 Å². The molecule has 3 heterocycles. The van der Waals surface area contributed by atoms with Crippen LogP contribution in [0.5, 0.6) is 23.0 Å². The molecule has 2 aromatic heterocycles. The first kappa shape index (κ1) is 34.9. The summed E-state index contributed by atoms with van der Waals surface area (Å²) in [6, 6.07) is 22.8. The van der Waals surface area contributed by atoms with Crippen LogP contribution >= 0.6 is 11.6 Å². The lowest BCUT2D eigenvalue weighted by Gasteiger charge is -2.32. The van der Waals surface area contributed by atoms with Gasteiger partial charge < -0.3 is 29.3 Å². The lowest BCUT2D eigenvalue weighted by Crippen LogP contribution is -2.44. The van der Waals surface area contributed by atoms with E-state index in [-0.39, 0.29) is 17.1 Å². The molecule has 52 heavy (non-hydrogen) atoms. The Morgan fingerprint density at radius 1 is 0.904 bits per heavy atom. The Morgan fingerprint density at radius 3 is 2.52 bits per heavy atom. The SMILES string of the molecule is COc1cc2c(Oc3ccc(NC(=O)c4nc5ccccc5n(-c5cccc(Cl)c5)c4=O)cc3F)ccnc2cc1OCCCN1CCN(C)CC1. The highest BCUT2D eigenvalue weighted by Crippen LogP contribution is 2.38. The molecule has 0 spiro atoms. The highest BCUT2D eigenvalue weighted by atomic mass is 35.5. The van der Waals surface area contributed by atoms with Gasteiger partial charge in [-0.2, -0.15) is 0 Å². The second kappa shape index (κ2) is 15.4. The van der Waals surface area contributed by atoms with Gasteiger partial charge in [0.1, 0.15) is 5.75 Å². The second-order valence-corrected chi connectivity index (χ2v) is 12.9. The Balaban J connectivity index is 1.07. The number of benzene rings is 4. The fourth-order valence-corrected chi connectivity index (χ4v) is 6.34. The second-order valence-electron chi connectivity index (χ2n) is 12.4. The number of methoxy groups -OCH3 is 1. The number of nitrogens with zero attached hydrogens (tertiary/aromatic N) is 5. The van der Waals surface area contributed by atoms with E-state index in [1.54, 1.807) is 80.0 Å². The first-order valence-corrected chi connectivity index (χ1v) is 17.2. The molecule has 11 nitrogen and oxygen atoms in total. The number of halogens is 2. The van der Waals surface area contributed by atoms with E-state index >= 15 is 4.39 Å². The van der Waals surface area contributed by atoms with Crippen molar-refractivity contribution in [1.29, 1.82) is 0 Å². The Bertz CT molecular complexity index is 2330. The van der Waals surface area contributed by atoms with E-state index in [1.807, 2.05) is 0 Å². The summed E-state index contributed by atoms with van der Waals surface area (Å²) < 4.78 is 34.6. The van der Waals surface area contributed by atoms with E-state index in [1.165, 1.54) is 16.7 Å². The summed E-state index contributed by atoms with van der Waals surface area (Å²) in [6.45, 7) is 5.72. The van der Waals surface area contributed by atoms with Gasteiger partial charge >= 0.3 is 0 Å². The molecule has 0 radical (unpaired) electrons. The zero-order valence-electron chi connectivity index (χ0n) is 28.6. The van der Waals surface area contributed by atoms with Crippen LogP contribution in [0.3, 0.4) is 0 Å². The van der Waals surface area contributed by atoms with Crippen LogP contribution in [0.2, 0.25) is 5.02 Å². The molecule has 0 aliphatic carbocycles. The summed E-state index contributed by atoms with van der Waals surface area (Å²) >= 11 is 6.21. The van der Waals surface area contributed by atoms with Gasteiger partial charge in [0.25, 0.3) is 11.5 Å². The quantitative estimate of drug-likeness (QED) is 0.145. The summed E-state index contributed by atoms with van der Waals surface area (Å²) in [5, 5.41) is 3.62. The molecule has 1 N–H and O–H groups in total. The van der Waals surface area contributed by atoms with Crippen molar-refractivity contribution in [3.8, 4) is 28.7 Å². The predicted molar refractivity (Wildman–Crippen MR) is 199 cm³/mol. The molecule has 0 unspecified atom stereocenters. The molecule has 1 aliphatic heterocycles. The Morgan fingerprint density at radius 2 is 1.73 bits per heavy atom. The van der Waals surface area contributed by atoms with E-state index in [0.29, 0.717) is 56.5 Å². The molecule has 4 aromatic carbocycles. The van der Waals surface area contributed by atoms with Crippen LogP contribution in [0.25, 0.3) is 27.6 Å². The number of amides is 1. The third kappa shape index (κ3) is 7.54. The minimum absolute atomic E-state index is 0.0826. The van der Waals surface area contributed by atoms with Crippen molar-refractivity contribution in [2.45, 2.75) is 6.42 Å². The molecular weight excluding hydrogens is 687 g/mol. The minimum atomic E-state index is -0.802. The fraction of sp³-hybridized carbons (Fsp3) is 0.231. The minimum Gasteiger partial charge on any atom is -0.493 e. The zero-order valence-corrected chi connectivity index (χ0v) is 29.4. The average molecular weight is 723 g/mol. The number of likely N-dealkylation sites (N-methyl/N-ethyl adjacent to an activating group) is 1. The normalized spacial score (nSPS) is 13.7. The maximum atomic E-state index is 15.5. The number of para-hydroxylation sites is 2. The molecule has 7 rings (SSSR count). The summed E-state index contributed by atoms with van der Waals surface area (Å²) in [5.74, 6) is -0.213. The number of hydrogen-bond acceptors (Lipinski definition) is 9. The van der Waals surface area contributed by atoms with Crippen molar-refractivity contribution in [2.24, 2.45) is 0 Å². The van der Waals surface area contributed by atoms with Crippen LogP contribution in [0.1, 0.15) is 16.9 Å². The number of carbonyl (C=O) groups excluding carboxylic acids is 1. The molecule has 1 saturated heterocycles. The van der Waals surface area contributed by atoms with Crippen molar-refractivity contribution in [3.05, 3.63) is 118 Å². The Kier molecular flexibility index (Phi) is 10.3. The highest BCUT2D eigenvalue weighted by molar-refractivity contribution is 6.30. The number of piperazine rings is 1. The van der Waals surface area contributed by atoms with Gasteiger partial charge in [0.15, 0.2) is 28.8 Å². The fourth-order valence-electron chi connectivity index (χ4n) is 6.15. The maximum Gasteiger partial charge on any atom is 0.287 e. The first-order chi connectivity index (χ1) is 25.3. The first-order valence-electron chi connectivity index (χ1n) is 16.8. The van der Waals surface area contributed by atoms with Gasteiger partial charge in [-0.3, -0.25) is 19.1 Å². The van der Waals surface area contributed by atoms with Crippen LogP contribution < -0.4 is 25.1 Å². The molecule has 0 bridgehead atoms. The number of anilines is 1. The standard InChI is InChI=1S/C39H36ClFN6O5/c1-45-16-18-46(19-17-45)15-6-20-51-36-24-31-28(23-35(36)50-2)33(13-14-42-31)52-34-12-11-26(22-29(34)41)43-38(48)37-39(49)47(27-8-5-7-25(40)21-27)32-10-4-3-9-30(32)44-37/h3-5,7-14,21-24H,6,15-20H2,1-2H3,(H,43,48). The average Bonchev–Trinajstić information content (AvgIpc) is 3.14. The number of aromatic nitrogens is 3. The topological polar surface area (TPSA) is 111 Å². The lowest BCUT2D eigenvalue weighted by molar-refractivity contribution is 0.102. The van der Waals surface area contributed by atoms with Crippen LogP contribution in [0.15, 0.2) is 95.9 Å². The van der Waals surface area contributed by atoms with E-state index in [0.717, 1.165) is 45.2 Å². The van der Waals surface area contributed by atoms with E-state index in [4.69, 9.17) is 25.8 Å². The number of carbonyl (C=O) groups is 1. The molecule has 1 amide bonds. The van der Waals surface area contributed by atoms with Crippen molar-refractivity contribution in [3.63, 3.8) is 0 Å². The zero-order chi connectivity index (χ0) is 36.2. The molecule has 6 aromatic rings. The van der Waals surface area contributed by atoms with Gasteiger partial charge in [-0.1, -0.05) is 29.8 Å². The van der Waals surface area contributed by atoms with Gasteiger partial charge in [-0.25, -0.2) is 9.37 Å². The summed E-state index contributed by atoms with van der Waals surface area (Å²) in [5.41, 5.74) is 1.06. The molecule has 13 heteroatoms. The van der Waals surface area contributed by atoms with Crippen molar-refractivity contribution >= 4 is 45.1 Å². The van der Waals surface area contributed by atoms with Crippen LogP contribution in [0, 0.1) is 5.82 Å².